The quantitative estimate of drug-likeness (QED) is 0.107. The fraction of sp³-hybridized carbons (Fsp3) is 0. The van der Waals surface area contributed by atoms with Crippen molar-refractivity contribution >= 4 is 72.6 Å². The number of hydrogen-bond donors (Lipinski definition) is 0. The first-order valence-corrected chi connectivity index (χ1v) is 25.3. The van der Waals surface area contributed by atoms with Crippen LogP contribution >= 0.6 is 0 Å². The molecule has 0 bridgehead atoms. The number of benzene rings is 10. The van der Waals surface area contributed by atoms with Crippen LogP contribution in [0, 0.1) is 0 Å². The second-order valence-electron chi connectivity index (χ2n) is 17.5. The highest BCUT2D eigenvalue weighted by molar-refractivity contribution is 7.20. The smallest absolute Gasteiger partial charge is 0.179 e. The van der Waals surface area contributed by atoms with Gasteiger partial charge in [-0.3, -0.25) is 0 Å². The molecule has 69 heavy (non-hydrogen) atoms. The summed E-state index contributed by atoms with van der Waals surface area (Å²) in [6.45, 7) is 0. The molecule has 3 heterocycles. The van der Waals surface area contributed by atoms with Crippen molar-refractivity contribution in [1.82, 2.24) is 19.5 Å². The maximum atomic E-state index is 6.59. The molecule has 0 fully saturated rings. The molecular formula is C63H42N4OSi. The van der Waals surface area contributed by atoms with Gasteiger partial charge in [0.25, 0.3) is 0 Å². The van der Waals surface area contributed by atoms with Gasteiger partial charge in [0.15, 0.2) is 25.5 Å². The lowest BCUT2D eigenvalue weighted by Crippen LogP contribution is -2.74. The molecule has 13 rings (SSSR count). The van der Waals surface area contributed by atoms with Crippen LogP contribution in [0.5, 0.6) is 0 Å². The van der Waals surface area contributed by atoms with Crippen molar-refractivity contribution in [3.63, 3.8) is 0 Å². The van der Waals surface area contributed by atoms with Crippen LogP contribution in [-0.4, -0.2) is 27.6 Å². The molecule has 0 saturated carbocycles. The number of hydrogen-bond acceptors (Lipinski definition) is 4. The zero-order valence-electron chi connectivity index (χ0n) is 37.4. The van der Waals surface area contributed by atoms with Crippen molar-refractivity contribution in [3.8, 4) is 51.0 Å². The highest BCUT2D eigenvalue weighted by atomic mass is 28.3. The average molecular weight is 899 g/mol. The van der Waals surface area contributed by atoms with Gasteiger partial charge in [0.2, 0.25) is 0 Å². The molecule has 0 unspecified atom stereocenters. The van der Waals surface area contributed by atoms with Crippen LogP contribution in [0.15, 0.2) is 259 Å². The van der Waals surface area contributed by atoms with Gasteiger partial charge < -0.3 is 8.98 Å². The molecule has 3 aromatic heterocycles. The molecule has 0 spiro atoms. The molecule has 0 aliphatic carbocycles. The lowest BCUT2D eigenvalue weighted by atomic mass is 10.0. The molecule has 0 atom stereocenters. The van der Waals surface area contributed by atoms with Crippen LogP contribution in [0.3, 0.4) is 0 Å². The third kappa shape index (κ3) is 6.88. The minimum atomic E-state index is -2.83. The summed E-state index contributed by atoms with van der Waals surface area (Å²) in [7, 11) is -2.83. The standard InChI is InChI=1S/C63H42N4OSi/c1-6-19-43(20-7-1)46-23-18-24-47(39-46)63-65-61(44-21-8-2-9-22-44)64-62(66-63)45-33-35-48(36-34-45)67-57-38-37-52(40-54(57)55-42-60-56(41-58(55)67)53-31-16-17-32-59(53)68-60)69(49-25-10-3-11-26-49,50-27-12-4-13-28-50)51-29-14-5-15-30-51/h1-42H. The van der Waals surface area contributed by atoms with E-state index in [0.717, 1.165) is 71.9 Å². The van der Waals surface area contributed by atoms with Gasteiger partial charge >= 0.3 is 0 Å². The number of fused-ring (bicyclic) bond motifs is 6. The van der Waals surface area contributed by atoms with E-state index in [4.69, 9.17) is 19.4 Å². The lowest BCUT2D eigenvalue weighted by molar-refractivity contribution is 0.669. The van der Waals surface area contributed by atoms with Gasteiger partial charge in [-0.1, -0.05) is 200 Å². The van der Waals surface area contributed by atoms with Crippen molar-refractivity contribution in [2.24, 2.45) is 0 Å². The fourth-order valence-corrected chi connectivity index (χ4v) is 15.2. The van der Waals surface area contributed by atoms with Crippen molar-refractivity contribution < 1.29 is 4.42 Å². The van der Waals surface area contributed by atoms with Gasteiger partial charge in [0.05, 0.1) is 11.0 Å². The molecule has 0 N–H and O–H groups in total. The number of rotatable bonds is 9. The molecule has 13 aromatic rings. The zero-order chi connectivity index (χ0) is 45.7. The molecule has 0 radical (unpaired) electrons. The van der Waals surface area contributed by atoms with Crippen molar-refractivity contribution in [1.29, 1.82) is 0 Å². The van der Waals surface area contributed by atoms with Gasteiger partial charge in [0.1, 0.15) is 11.2 Å². The van der Waals surface area contributed by atoms with E-state index in [0.29, 0.717) is 17.5 Å². The Hall–Kier alpha value is -8.97. The summed E-state index contributed by atoms with van der Waals surface area (Å²) in [5, 5.41) is 9.80. The van der Waals surface area contributed by atoms with E-state index in [-0.39, 0.29) is 0 Å². The fourth-order valence-electron chi connectivity index (χ4n) is 10.4. The first-order chi connectivity index (χ1) is 34.2. The van der Waals surface area contributed by atoms with Crippen LogP contribution in [0.25, 0.3) is 94.7 Å². The highest BCUT2D eigenvalue weighted by Crippen LogP contribution is 2.39. The van der Waals surface area contributed by atoms with E-state index < -0.39 is 8.07 Å². The molecule has 6 heteroatoms. The number of furan rings is 1. The molecule has 324 valence electrons. The van der Waals surface area contributed by atoms with E-state index >= 15 is 0 Å². The van der Waals surface area contributed by atoms with Crippen molar-refractivity contribution in [2.45, 2.75) is 0 Å². The van der Waals surface area contributed by atoms with Gasteiger partial charge in [0, 0.05) is 43.9 Å². The molecule has 0 aliphatic heterocycles. The summed E-state index contributed by atoms with van der Waals surface area (Å²) in [5.74, 6) is 1.86. The molecule has 10 aromatic carbocycles. The van der Waals surface area contributed by atoms with Crippen molar-refractivity contribution in [2.75, 3.05) is 0 Å². The van der Waals surface area contributed by atoms with E-state index in [1.165, 1.54) is 26.1 Å². The first-order valence-electron chi connectivity index (χ1n) is 23.3. The average Bonchev–Trinajstić information content (AvgIpc) is 3.96. The summed E-state index contributed by atoms with van der Waals surface area (Å²) in [6.07, 6.45) is 0. The minimum Gasteiger partial charge on any atom is -0.456 e. The molecule has 0 amide bonds. The monoisotopic (exact) mass is 898 g/mol. The third-order valence-electron chi connectivity index (χ3n) is 13.6. The van der Waals surface area contributed by atoms with E-state index in [2.05, 4.69) is 217 Å². The number of aromatic nitrogens is 4. The second kappa shape index (κ2) is 16.7. The van der Waals surface area contributed by atoms with E-state index in [1.54, 1.807) is 0 Å². The SMILES string of the molecule is c1ccc(-c2cccc(-c3nc(-c4ccccc4)nc(-c4ccc(-n5c6ccc([Si](c7ccccc7)(c7ccccc7)c7ccccc7)cc6c6cc7oc8ccccc8c7cc65)cc4)n3)c2)cc1. The molecule has 0 saturated heterocycles. The Morgan fingerprint density at radius 2 is 0.783 bits per heavy atom. The maximum Gasteiger partial charge on any atom is 0.179 e. The Kier molecular flexibility index (Phi) is 9.77. The number of para-hydroxylation sites is 1. The van der Waals surface area contributed by atoms with Crippen LogP contribution in [0.2, 0.25) is 0 Å². The Balaban J connectivity index is 1.01. The van der Waals surface area contributed by atoms with Gasteiger partial charge in [-0.25, -0.2) is 15.0 Å². The predicted octanol–water partition coefficient (Wildman–Crippen LogP) is 12.9. The van der Waals surface area contributed by atoms with Gasteiger partial charge in [-0.15, -0.1) is 0 Å². The van der Waals surface area contributed by atoms with Gasteiger partial charge in [-0.2, -0.15) is 0 Å². The van der Waals surface area contributed by atoms with Gasteiger partial charge in [-0.05, 0) is 86.5 Å². The third-order valence-corrected chi connectivity index (χ3v) is 18.4. The Labute approximate surface area is 400 Å². The largest absolute Gasteiger partial charge is 0.456 e. The maximum absolute atomic E-state index is 6.59. The summed E-state index contributed by atoms with van der Waals surface area (Å²) < 4.78 is 8.99. The van der Waals surface area contributed by atoms with Crippen LogP contribution in [-0.2, 0) is 0 Å². The van der Waals surface area contributed by atoms with Crippen LogP contribution < -0.4 is 20.7 Å². The highest BCUT2D eigenvalue weighted by Gasteiger charge is 2.41. The molecule has 0 aliphatic rings. The normalized spacial score (nSPS) is 11.8. The Bertz CT molecular complexity index is 3890. The van der Waals surface area contributed by atoms with Crippen molar-refractivity contribution in [3.05, 3.63) is 255 Å². The lowest BCUT2D eigenvalue weighted by Gasteiger charge is -2.34. The molecule has 5 nitrogen and oxygen atoms in total. The van der Waals surface area contributed by atoms with E-state index in [9.17, 15) is 0 Å². The summed E-state index contributed by atoms with van der Waals surface area (Å²) in [5.41, 5.74) is 10.00. The summed E-state index contributed by atoms with van der Waals surface area (Å²) in [4.78, 5) is 15.3. The Morgan fingerprint density at radius 1 is 0.290 bits per heavy atom. The number of nitrogens with zero attached hydrogens (tertiary/aromatic N) is 4. The van der Waals surface area contributed by atoms with E-state index in [1.807, 2.05) is 42.5 Å². The molecular weight excluding hydrogens is 857 g/mol. The summed E-state index contributed by atoms with van der Waals surface area (Å²) >= 11 is 0. The zero-order valence-corrected chi connectivity index (χ0v) is 38.4. The minimum absolute atomic E-state index is 0.609. The summed E-state index contributed by atoms with van der Waals surface area (Å²) in [6, 6.07) is 91.1. The predicted molar refractivity (Wildman–Crippen MR) is 287 cm³/mol. The Morgan fingerprint density at radius 3 is 1.41 bits per heavy atom. The topological polar surface area (TPSA) is 56.7 Å². The van der Waals surface area contributed by atoms with Crippen LogP contribution in [0.4, 0.5) is 0 Å². The van der Waals surface area contributed by atoms with Crippen LogP contribution in [0.1, 0.15) is 0 Å². The second-order valence-corrected chi connectivity index (χ2v) is 21.4. The first kappa shape index (κ1) is 40.3.